The summed E-state index contributed by atoms with van der Waals surface area (Å²) in [4.78, 5) is 2.62. The minimum Gasteiger partial charge on any atom is -0.398 e. The van der Waals surface area contributed by atoms with Gasteiger partial charge in [-0.1, -0.05) is 6.42 Å². The Labute approximate surface area is 120 Å². The van der Waals surface area contributed by atoms with Crippen molar-refractivity contribution in [3.63, 3.8) is 0 Å². The van der Waals surface area contributed by atoms with Crippen molar-refractivity contribution in [3.05, 3.63) is 23.8 Å². The lowest BCUT2D eigenvalue weighted by Gasteiger charge is -2.33. The Hall–Kier alpha value is -1.73. The van der Waals surface area contributed by atoms with Crippen LogP contribution in [-0.4, -0.2) is 30.1 Å². The van der Waals surface area contributed by atoms with Crippen molar-refractivity contribution in [2.75, 3.05) is 24.1 Å². The molecule has 3 rings (SSSR count). The number of rotatable bonds is 3. The molecule has 0 saturated carbocycles. The number of anilines is 2. The molecule has 0 spiro atoms. The summed E-state index contributed by atoms with van der Waals surface area (Å²) in [6, 6.07) is 9.36. The van der Waals surface area contributed by atoms with Crippen molar-refractivity contribution in [2.24, 2.45) is 0 Å². The number of piperidine rings is 1. The summed E-state index contributed by atoms with van der Waals surface area (Å²) in [5.41, 5.74) is 8.64. The van der Waals surface area contributed by atoms with Crippen LogP contribution in [-0.2, 0) is 6.42 Å². The molecule has 4 heteroatoms. The fourth-order valence-corrected chi connectivity index (χ4v) is 3.56. The van der Waals surface area contributed by atoms with Gasteiger partial charge in [0.25, 0.3) is 0 Å². The van der Waals surface area contributed by atoms with Crippen molar-refractivity contribution >= 4 is 11.4 Å². The normalized spacial score (nSPS) is 25.9. The smallest absolute Gasteiger partial charge is 0.0670 e. The lowest BCUT2D eigenvalue weighted by molar-refractivity contribution is 0.193. The second-order valence-electron chi connectivity index (χ2n) is 5.89. The predicted octanol–water partition coefficient (Wildman–Crippen LogP) is 2.37. The Balaban J connectivity index is 1.71. The zero-order valence-corrected chi connectivity index (χ0v) is 11.8. The van der Waals surface area contributed by atoms with E-state index < -0.39 is 0 Å². The maximum atomic E-state index is 8.84. The lowest BCUT2D eigenvalue weighted by atomic mass is 9.98. The Bertz CT molecular complexity index is 520. The van der Waals surface area contributed by atoms with Gasteiger partial charge in [-0.05, 0) is 49.6 Å². The van der Waals surface area contributed by atoms with Crippen LogP contribution in [0.1, 0.15) is 31.2 Å². The molecule has 4 nitrogen and oxygen atoms in total. The van der Waals surface area contributed by atoms with Crippen LogP contribution in [0, 0.1) is 11.3 Å². The Kier molecular flexibility index (Phi) is 3.79. The SMILES string of the molecule is N#CCc1cc(NC2CCN3CCCCC23)ccc1N. The Morgan fingerprint density at radius 2 is 2.20 bits per heavy atom. The average Bonchev–Trinajstić information content (AvgIpc) is 2.86. The van der Waals surface area contributed by atoms with Crippen molar-refractivity contribution in [1.82, 2.24) is 4.90 Å². The van der Waals surface area contributed by atoms with E-state index in [1.807, 2.05) is 18.2 Å². The van der Waals surface area contributed by atoms with E-state index in [9.17, 15) is 0 Å². The highest BCUT2D eigenvalue weighted by atomic mass is 15.2. The predicted molar refractivity (Wildman–Crippen MR) is 81.4 cm³/mol. The third-order valence-electron chi connectivity index (χ3n) is 4.62. The molecular formula is C16H22N4. The molecule has 1 aromatic rings. The standard InChI is InChI=1S/C16H22N4/c17-8-6-12-11-13(4-5-14(12)18)19-15-7-10-20-9-2-1-3-16(15)20/h4-5,11,15-16,19H,1-3,6-7,9-10,18H2. The van der Waals surface area contributed by atoms with Crippen molar-refractivity contribution < 1.29 is 0 Å². The zero-order chi connectivity index (χ0) is 13.9. The molecule has 0 aromatic heterocycles. The first-order chi connectivity index (χ1) is 9.78. The Morgan fingerprint density at radius 1 is 1.30 bits per heavy atom. The molecule has 2 unspecified atom stereocenters. The third-order valence-corrected chi connectivity index (χ3v) is 4.62. The summed E-state index contributed by atoms with van der Waals surface area (Å²) in [5, 5.41) is 12.5. The van der Waals surface area contributed by atoms with Gasteiger partial charge in [0.15, 0.2) is 0 Å². The van der Waals surface area contributed by atoms with Gasteiger partial charge in [0.2, 0.25) is 0 Å². The average molecular weight is 270 g/mol. The number of nitrogens with zero attached hydrogens (tertiary/aromatic N) is 2. The van der Waals surface area contributed by atoms with Crippen molar-refractivity contribution in [3.8, 4) is 6.07 Å². The zero-order valence-electron chi connectivity index (χ0n) is 11.8. The molecule has 2 heterocycles. The van der Waals surface area contributed by atoms with E-state index in [2.05, 4.69) is 16.3 Å². The third kappa shape index (κ3) is 2.59. The topological polar surface area (TPSA) is 65.1 Å². The summed E-state index contributed by atoms with van der Waals surface area (Å²) in [6.07, 6.45) is 5.58. The van der Waals surface area contributed by atoms with Crippen LogP contribution in [0.4, 0.5) is 11.4 Å². The quantitative estimate of drug-likeness (QED) is 0.828. The number of nitriles is 1. The molecule has 2 atom stereocenters. The number of nitrogen functional groups attached to an aromatic ring is 1. The summed E-state index contributed by atoms with van der Waals surface area (Å²) in [6.45, 7) is 2.46. The van der Waals surface area contributed by atoms with E-state index in [0.29, 0.717) is 24.2 Å². The van der Waals surface area contributed by atoms with Gasteiger partial charge in [0, 0.05) is 30.0 Å². The molecule has 20 heavy (non-hydrogen) atoms. The summed E-state index contributed by atoms with van der Waals surface area (Å²) < 4.78 is 0. The Morgan fingerprint density at radius 3 is 3.05 bits per heavy atom. The first kappa shape index (κ1) is 13.3. The van der Waals surface area contributed by atoms with E-state index in [0.717, 1.165) is 11.3 Å². The van der Waals surface area contributed by atoms with Gasteiger partial charge in [-0.3, -0.25) is 4.90 Å². The molecule has 2 aliphatic rings. The van der Waals surface area contributed by atoms with Gasteiger partial charge in [0.05, 0.1) is 12.5 Å². The minimum atomic E-state index is 0.377. The van der Waals surface area contributed by atoms with Gasteiger partial charge in [0.1, 0.15) is 0 Å². The number of benzene rings is 1. The van der Waals surface area contributed by atoms with Crippen LogP contribution >= 0.6 is 0 Å². The number of nitrogens with two attached hydrogens (primary N) is 1. The molecule has 2 aliphatic heterocycles. The van der Waals surface area contributed by atoms with Crippen LogP contribution < -0.4 is 11.1 Å². The van der Waals surface area contributed by atoms with E-state index in [4.69, 9.17) is 11.0 Å². The van der Waals surface area contributed by atoms with E-state index >= 15 is 0 Å². The van der Waals surface area contributed by atoms with Gasteiger partial charge in [-0.15, -0.1) is 0 Å². The number of hydrogen-bond donors (Lipinski definition) is 2. The van der Waals surface area contributed by atoms with Gasteiger partial charge >= 0.3 is 0 Å². The molecule has 1 aromatic carbocycles. The first-order valence-corrected chi connectivity index (χ1v) is 7.54. The maximum Gasteiger partial charge on any atom is 0.0670 e. The fraction of sp³-hybridized carbons (Fsp3) is 0.562. The molecule has 2 fully saturated rings. The maximum absolute atomic E-state index is 8.84. The highest BCUT2D eigenvalue weighted by Gasteiger charge is 2.35. The number of hydrogen-bond acceptors (Lipinski definition) is 4. The van der Waals surface area contributed by atoms with E-state index in [1.165, 1.54) is 38.8 Å². The molecule has 0 bridgehead atoms. The van der Waals surface area contributed by atoms with Crippen LogP contribution in [0.25, 0.3) is 0 Å². The lowest BCUT2D eigenvalue weighted by Crippen LogP contribution is -2.41. The van der Waals surface area contributed by atoms with Gasteiger partial charge in [-0.2, -0.15) is 5.26 Å². The molecule has 0 aliphatic carbocycles. The second kappa shape index (κ2) is 5.72. The van der Waals surface area contributed by atoms with Crippen LogP contribution in [0.3, 0.4) is 0 Å². The van der Waals surface area contributed by atoms with Crippen LogP contribution in [0.5, 0.6) is 0 Å². The summed E-state index contributed by atoms with van der Waals surface area (Å²) >= 11 is 0. The van der Waals surface area contributed by atoms with E-state index in [-0.39, 0.29) is 0 Å². The summed E-state index contributed by atoms with van der Waals surface area (Å²) in [5.74, 6) is 0. The molecule has 2 saturated heterocycles. The molecular weight excluding hydrogens is 248 g/mol. The van der Waals surface area contributed by atoms with Crippen LogP contribution in [0.15, 0.2) is 18.2 Å². The minimum absolute atomic E-state index is 0.377. The molecule has 3 N–H and O–H groups in total. The molecule has 0 radical (unpaired) electrons. The number of fused-ring (bicyclic) bond motifs is 1. The molecule has 0 amide bonds. The number of nitrogens with one attached hydrogen (secondary N) is 1. The second-order valence-corrected chi connectivity index (χ2v) is 5.89. The van der Waals surface area contributed by atoms with Crippen LogP contribution in [0.2, 0.25) is 0 Å². The monoisotopic (exact) mass is 270 g/mol. The van der Waals surface area contributed by atoms with Gasteiger partial charge < -0.3 is 11.1 Å². The van der Waals surface area contributed by atoms with Crippen molar-refractivity contribution in [1.29, 1.82) is 5.26 Å². The summed E-state index contributed by atoms with van der Waals surface area (Å²) in [7, 11) is 0. The first-order valence-electron chi connectivity index (χ1n) is 7.54. The highest BCUT2D eigenvalue weighted by molar-refractivity contribution is 5.58. The van der Waals surface area contributed by atoms with Gasteiger partial charge in [-0.25, -0.2) is 0 Å². The van der Waals surface area contributed by atoms with Crippen molar-refractivity contribution in [2.45, 2.75) is 44.2 Å². The van der Waals surface area contributed by atoms with E-state index in [1.54, 1.807) is 0 Å². The fourth-order valence-electron chi connectivity index (χ4n) is 3.56. The largest absolute Gasteiger partial charge is 0.398 e. The molecule has 106 valence electrons. The highest BCUT2D eigenvalue weighted by Crippen LogP contribution is 2.30.